The monoisotopic (exact) mass is 259 g/mol. The Hall–Kier alpha value is -1.40. The summed E-state index contributed by atoms with van der Waals surface area (Å²) in [7, 11) is 0. The van der Waals surface area contributed by atoms with Crippen LogP contribution >= 0.6 is 11.6 Å². The van der Waals surface area contributed by atoms with Gasteiger partial charge < -0.3 is 10.4 Å². The molecule has 1 unspecified atom stereocenters. The molecule has 94 valence electrons. The van der Waals surface area contributed by atoms with Gasteiger partial charge >= 0.3 is 5.69 Å². The van der Waals surface area contributed by atoms with Crippen molar-refractivity contribution >= 4 is 23.1 Å². The molecular weight excluding hydrogens is 246 g/mol. The second-order valence-electron chi connectivity index (χ2n) is 3.60. The maximum Gasteiger partial charge on any atom is 0.312 e. The van der Waals surface area contributed by atoms with Crippen molar-refractivity contribution in [1.29, 1.82) is 0 Å². The summed E-state index contributed by atoms with van der Waals surface area (Å²) in [5, 5.41) is 23.2. The molecule has 7 heteroatoms. The minimum absolute atomic E-state index is 0.120. The van der Waals surface area contributed by atoms with Gasteiger partial charge in [0.25, 0.3) is 0 Å². The maximum atomic E-state index is 10.7. The van der Waals surface area contributed by atoms with Crippen molar-refractivity contribution in [3.05, 3.63) is 27.4 Å². The van der Waals surface area contributed by atoms with Crippen molar-refractivity contribution in [2.75, 3.05) is 11.9 Å². The van der Waals surface area contributed by atoms with E-state index >= 15 is 0 Å². The van der Waals surface area contributed by atoms with E-state index in [1.54, 1.807) is 0 Å². The number of hydrogen-bond donors (Lipinski definition) is 2. The van der Waals surface area contributed by atoms with E-state index in [4.69, 9.17) is 11.6 Å². The minimum Gasteiger partial charge on any atom is -0.391 e. The first kappa shape index (κ1) is 13.7. The molecular formula is C10H14ClN3O3. The van der Waals surface area contributed by atoms with Gasteiger partial charge in [-0.25, -0.2) is 4.98 Å². The second-order valence-corrected chi connectivity index (χ2v) is 4.04. The van der Waals surface area contributed by atoms with Crippen LogP contribution in [-0.4, -0.2) is 27.7 Å². The fourth-order valence-electron chi connectivity index (χ4n) is 1.35. The summed E-state index contributed by atoms with van der Waals surface area (Å²) in [5.74, 6) is 0.120. The van der Waals surface area contributed by atoms with Gasteiger partial charge in [-0.3, -0.25) is 10.1 Å². The van der Waals surface area contributed by atoms with Crippen LogP contribution in [0.4, 0.5) is 11.5 Å². The number of nitrogens with one attached hydrogen (secondary N) is 1. The maximum absolute atomic E-state index is 10.7. The van der Waals surface area contributed by atoms with Crippen molar-refractivity contribution in [3.63, 3.8) is 0 Å². The molecule has 0 fully saturated rings. The predicted octanol–water partition coefficient (Wildman–Crippen LogP) is 2.22. The van der Waals surface area contributed by atoms with Crippen LogP contribution in [0.5, 0.6) is 0 Å². The molecule has 17 heavy (non-hydrogen) atoms. The molecule has 6 nitrogen and oxygen atoms in total. The van der Waals surface area contributed by atoms with E-state index in [-0.39, 0.29) is 23.1 Å². The highest BCUT2D eigenvalue weighted by Crippen LogP contribution is 2.24. The average molecular weight is 260 g/mol. The number of nitro groups is 1. The van der Waals surface area contributed by atoms with Crippen LogP contribution in [0.1, 0.15) is 19.8 Å². The largest absolute Gasteiger partial charge is 0.391 e. The quantitative estimate of drug-likeness (QED) is 0.604. The third-order valence-corrected chi connectivity index (χ3v) is 2.36. The first-order valence-corrected chi connectivity index (χ1v) is 5.64. The summed E-state index contributed by atoms with van der Waals surface area (Å²) >= 11 is 5.63. The molecule has 0 aromatic carbocycles. The van der Waals surface area contributed by atoms with Crippen molar-refractivity contribution < 1.29 is 10.0 Å². The van der Waals surface area contributed by atoms with Crippen molar-refractivity contribution in [2.45, 2.75) is 25.9 Å². The molecule has 2 N–H and O–H groups in total. The number of halogens is 1. The summed E-state index contributed by atoms with van der Waals surface area (Å²) in [6.07, 6.45) is 2.26. The Morgan fingerprint density at radius 3 is 3.00 bits per heavy atom. The van der Waals surface area contributed by atoms with Crippen LogP contribution in [0.15, 0.2) is 12.3 Å². The molecule has 0 aliphatic rings. The number of hydrogen-bond acceptors (Lipinski definition) is 5. The molecule has 0 saturated heterocycles. The Labute approximate surface area is 104 Å². The highest BCUT2D eigenvalue weighted by atomic mass is 35.5. The molecule has 1 atom stereocenters. The van der Waals surface area contributed by atoms with E-state index in [2.05, 4.69) is 10.3 Å². The molecule has 1 aromatic heterocycles. The number of nitrogens with zero attached hydrogens (tertiary/aromatic N) is 2. The molecule has 0 amide bonds. The number of pyridine rings is 1. The summed E-state index contributed by atoms with van der Waals surface area (Å²) < 4.78 is 0. The Kier molecular flexibility index (Phi) is 5.11. The number of rotatable bonds is 6. The summed E-state index contributed by atoms with van der Waals surface area (Å²) in [6, 6.07) is 1.23. The number of anilines is 1. The molecule has 0 radical (unpaired) electrons. The lowest BCUT2D eigenvalue weighted by molar-refractivity contribution is -0.384. The minimum atomic E-state index is -0.562. The van der Waals surface area contributed by atoms with E-state index in [1.165, 1.54) is 12.3 Å². The number of aromatic nitrogens is 1. The van der Waals surface area contributed by atoms with Crippen LogP contribution in [0.3, 0.4) is 0 Å². The summed E-state index contributed by atoms with van der Waals surface area (Å²) in [6.45, 7) is 2.18. The summed E-state index contributed by atoms with van der Waals surface area (Å²) in [5.41, 5.74) is -0.193. The lowest BCUT2D eigenvalue weighted by Crippen LogP contribution is -2.20. The molecule has 1 rings (SSSR count). The van der Waals surface area contributed by atoms with Gasteiger partial charge in [-0.2, -0.15) is 0 Å². The summed E-state index contributed by atoms with van der Waals surface area (Å²) in [4.78, 5) is 14.0. The molecule has 1 aromatic rings. The van der Waals surface area contributed by atoms with E-state index in [9.17, 15) is 15.2 Å². The zero-order valence-electron chi connectivity index (χ0n) is 9.39. The van der Waals surface area contributed by atoms with Gasteiger partial charge in [-0.05, 0) is 6.42 Å². The Morgan fingerprint density at radius 2 is 2.41 bits per heavy atom. The van der Waals surface area contributed by atoms with Gasteiger partial charge in [0.15, 0.2) is 0 Å². The van der Waals surface area contributed by atoms with E-state index < -0.39 is 11.0 Å². The molecule has 0 aliphatic carbocycles. The van der Waals surface area contributed by atoms with Crippen LogP contribution in [-0.2, 0) is 0 Å². The fourth-order valence-corrected chi connectivity index (χ4v) is 1.51. The van der Waals surface area contributed by atoms with Crippen molar-refractivity contribution in [1.82, 2.24) is 4.98 Å². The van der Waals surface area contributed by atoms with Gasteiger partial charge in [0, 0.05) is 18.8 Å². The average Bonchev–Trinajstić information content (AvgIpc) is 2.27. The van der Waals surface area contributed by atoms with Gasteiger partial charge in [0.2, 0.25) is 5.82 Å². The van der Waals surface area contributed by atoms with Crippen LogP contribution in [0.25, 0.3) is 0 Å². The zero-order chi connectivity index (χ0) is 12.8. The van der Waals surface area contributed by atoms with Gasteiger partial charge in [-0.1, -0.05) is 24.9 Å². The second kappa shape index (κ2) is 6.36. The lowest BCUT2D eigenvalue weighted by atomic mass is 10.2. The fraction of sp³-hybridized carbons (Fsp3) is 0.500. The smallest absolute Gasteiger partial charge is 0.312 e. The lowest BCUT2D eigenvalue weighted by Gasteiger charge is -2.11. The Bertz CT molecular complexity index is 400. The van der Waals surface area contributed by atoms with Gasteiger partial charge in [-0.15, -0.1) is 0 Å². The molecule has 0 spiro atoms. The highest BCUT2D eigenvalue weighted by molar-refractivity contribution is 6.30. The van der Waals surface area contributed by atoms with Crippen molar-refractivity contribution in [2.24, 2.45) is 0 Å². The van der Waals surface area contributed by atoms with Gasteiger partial charge in [0.05, 0.1) is 16.0 Å². The molecule has 0 bridgehead atoms. The molecule has 0 saturated carbocycles. The molecule has 0 aliphatic heterocycles. The normalized spacial score (nSPS) is 12.2. The number of aliphatic hydroxyl groups excluding tert-OH is 1. The third-order valence-electron chi connectivity index (χ3n) is 2.16. The first-order chi connectivity index (χ1) is 8.04. The van der Waals surface area contributed by atoms with Gasteiger partial charge in [0.1, 0.15) is 0 Å². The predicted molar refractivity (Wildman–Crippen MR) is 65.3 cm³/mol. The molecule has 1 heterocycles. The highest BCUT2D eigenvalue weighted by Gasteiger charge is 2.16. The van der Waals surface area contributed by atoms with Crippen LogP contribution in [0.2, 0.25) is 5.02 Å². The van der Waals surface area contributed by atoms with Crippen molar-refractivity contribution in [3.8, 4) is 0 Å². The van der Waals surface area contributed by atoms with Crippen LogP contribution < -0.4 is 5.32 Å². The number of aliphatic hydroxyl groups is 1. The zero-order valence-corrected chi connectivity index (χ0v) is 10.1. The first-order valence-electron chi connectivity index (χ1n) is 5.26. The Balaban J connectivity index is 2.73. The van der Waals surface area contributed by atoms with E-state index in [0.717, 1.165) is 6.42 Å². The third kappa shape index (κ3) is 4.16. The topological polar surface area (TPSA) is 88.3 Å². The van der Waals surface area contributed by atoms with E-state index in [1.807, 2.05) is 6.92 Å². The SMILES string of the molecule is CCCC(O)CNc1ncc(Cl)cc1[N+](=O)[O-]. The standard InChI is InChI=1S/C10H14ClN3O3/c1-2-3-8(15)6-13-10-9(14(16)17)4-7(11)5-12-10/h4-5,8,15H,2-3,6H2,1H3,(H,12,13). The Morgan fingerprint density at radius 1 is 1.71 bits per heavy atom. The van der Waals surface area contributed by atoms with E-state index in [0.29, 0.717) is 6.42 Å². The van der Waals surface area contributed by atoms with Crippen LogP contribution in [0, 0.1) is 10.1 Å².